The summed E-state index contributed by atoms with van der Waals surface area (Å²) in [7, 11) is 0. The van der Waals surface area contributed by atoms with Gasteiger partial charge in [-0.1, -0.05) is 36.4 Å². The molecule has 0 aliphatic heterocycles. The molecule has 0 radical (unpaired) electrons. The largest absolute Gasteiger partial charge is 0.460 e. The van der Waals surface area contributed by atoms with Gasteiger partial charge in [-0.25, -0.2) is 9.18 Å². The minimum absolute atomic E-state index is 0.0159. The SMILES string of the molecule is CC(C)(C)OC(=O)Cc1ccccc1NC(=O)c1cc(Nc2ccccc2)cc(-c2cc(F)cc(CNC(=O)OC(C)(C)C)c2)c1. The maximum absolute atomic E-state index is 14.9. The first-order valence-corrected chi connectivity index (χ1v) is 15.0. The Morgan fingerprint density at radius 1 is 0.717 bits per heavy atom. The number of esters is 1. The van der Waals surface area contributed by atoms with Crippen molar-refractivity contribution in [2.24, 2.45) is 0 Å². The van der Waals surface area contributed by atoms with Crippen molar-refractivity contribution in [3.8, 4) is 11.1 Å². The van der Waals surface area contributed by atoms with Crippen molar-refractivity contribution in [2.75, 3.05) is 10.6 Å². The van der Waals surface area contributed by atoms with Crippen LogP contribution in [0.3, 0.4) is 0 Å². The zero-order chi connectivity index (χ0) is 33.5. The van der Waals surface area contributed by atoms with Crippen molar-refractivity contribution in [1.82, 2.24) is 5.32 Å². The van der Waals surface area contributed by atoms with Gasteiger partial charge in [-0.3, -0.25) is 9.59 Å². The lowest BCUT2D eigenvalue weighted by Crippen LogP contribution is -2.32. The topological polar surface area (TPSA) is 106 Å². The van der Waals surface area contributed by atoms with Gasteiger partial charge in [-0.2, -0.15) is 0 Å². The third kappa shape index (κ3) is 10.5. The molecule has 4 aromatic rings. The molecule has 0 saturated carbocycles. The van der Waals surface area contributed by atoms with E-state index in [1.165, 1.54) is 12.1 Å². The number of hydrogen-bond donors (Lipinski definition) is 3. The maximum Gasteiger partial charge on any atom is 0.407 e. The first-order valence-electron chi connectivity index (χ1n) is 15.0. The van der Waals surface area contributed by atoms with Gasteiger partial charge in [-0.15, -0.1) is 0 Å². The molecule has 0 aliphatic carbocycles. The quantitative estimate of drug-likeness (QED) is 0.161. The molecule has 46 heavy (non-hydrogen) atoms. The van der Waals surface area contributed by atoms with E-state index in [2.05, 4.69) is 16.0 Å². The van der Waals surface area contributed by atoms with E-state index < -0.39 is 35.0 Å². The monoisotopic (exact) mass is 625 g/mol. The molecule has 2 amide bonds. The van der Waals surface area contributed by atoms with Gasteiger partial charge in [0, 0.05) is 29.2 Å². The van der Waals surface area contributed by atoms with Crippen molar-refractivity contribution in [2.45, 2.75) is 65.7 Å². The smallest absolute Gasteiger partial charge is 0.407 e. The number of nitrogens with one attached hydrogen (secondary N) is 3. The number of carbonyl (C=O) groups excluding carboxylic acids is 3. The van der Waals surface area contributed by atoms with E-state index in [1.807, 2.05) is 36.4 Å². The Kier molecular flexibility index (Phi) is 10.5. The Morgan fingerprint density at radius 3 is 2.07 bits per heavy atom. The van der Waals surface area contributed by atoms with Gasteiger partial charge in [0.05, 0.1) is 6.42 Å². The van der Waals surface area contributed by atoms with Crippen LogP contribution >= 0.6 is 0 Å². The maximum atomic E-state index is 14.9. The number of ether oxygens (including phenoxy) is 2. The molecule has 3 N–H and O–H groups in total. The third-order valence-electron chi connectivity index (χ3n) is 6.40. The summed E-state index contributed by atoms with van der Waals surface area (Å²) in [5, 5.41) is 8.90. The van der Waals surface area contributed by atoms with Crippen LogP contribution in [0.25, 0.3) is 11.1 Å². The Labute approximate surface area is 269 Å². The fourth-order valence-electron chi connectivity index (χ4n) is 4.62. The summed E-state index contributed by atoms with van der Waals surface area (Å²) in [5.41, 5.74) is 3.09. The number of amides is 2. The lowest BCUT2D eigenvalue weighted by Gasteiger charge is -2.20. The molecule has 4 aromatic carbocycles. The number of para-hydroxylation sites is 2. The van der Waals surface area contributed by atoms with Gasteiger partial charge in [0.1, 0.15) is 17.0 Å². The third-order valence-corrected chi connectivity index (χ3v) is 6.40. The van der Waals surface area contributed by atoms with Gasteiger partial charge >= 0.3 is 12.1 Å². The van der Waals surface area contributed by atoms with Crippen LogP contribution in [0.15, 0.2) is 91.0 Å². The molecule has 0 aliphatic rings. The van der Waals surface area contributed by atoms with Crippen LogP contribution in [-0.4, -0.2) is 29.2 Å². The van der Waals surface area contributed by atoms with Gasteiger partial charge in [0.15, 0.2) is 0 Å². The molecule has 0 bridgehead atoms. The van der Waals surface area contributed by atoms with Crippen molar-refractivity contribution >= 4 is 35.0 Å². The summed E-state index contributed by atoms with van der Waals surface area (Å²) in [4.78, 5) is 38.5. The molecule has 8 nitrogen and oxygen atoms in total. The van der Waals surface area contributed by atoms with Crippen LogP contribution in [0.4, 0.5) is 26.2 Å². The molecule has 0 saturated heterocycles. The zero-order valence-electron chi connectivity index (χ0n) is 27.0. The van der Waals surface area contributed by atoms with Crippen molar-refractivity contribution < 1.29 is 28.2 Å². The predicted octanol–water partition coefficient (Wildman–Crippen LogP) is 8.40. The fraction of sp³-hybridized carbons (Fsp3) is 0.270. The average Bonchev–Trinajstić information content (AvgIpc) is 2.95. The van der Waals surface area contributed by atoms with E-state index in [-0.39, 0.29) is 13.0 Å². The number of carbonyl (C=O) groups is 3. The molecule has 0 aromatic heterocycles. The van der Waals surface area contributed by atoms with E-state index >= 15 is 0 Å². The Bertz CT molecular complexity index is 1710. The summed E-state index contributed by atoms with van der Waals surface area (Å²) in [6.07, 6.45) is -0.629. The van der Waals surface area contributed by atoms with E-state index in [1.54, 1.807) is 84.0 Å². The lowest BCUT2D eigenvalue weighted by atomic mass is 9.99. The first kappa shape index (κ1) is 33.7. The molecule has 0 unspecified atom stereocenters. The van der Waals surface area contributed by atoms with Gasteiger partial charge in [-0.05, 0) is 118 Å². The summed E-state index contributed by atoms with van der Waals surface area (Å²) < 4.78 is 25.6. The number of benzene rings is 4. The predicted molar refractivity (Wildman–Crippen MR) is 179 cm³/mol. The molecule has 9 heteroatoms. The fourth-order valence-corrected chi connectivity index (χ4v) is 4.62. The number of alkyl carbamates (subject to hydrolysis) is 1. The number of anilines is 3. The molecular formula is C37H40FN3O5. The second-order valence-electron chi connectivity index (χ2n) is 12.9. The minimum Gasteiger partial charge on any atom is -0.460 e. The standard InChI is InChI=1S/C37H40FN3O5/c1-36(2,3)45-33(42)22-25-12-10-11-15-32(25)41-34(43)28-18-27(20-31(21-28)40-30-13-8-7-9-14-30)26-16-24(17-29(38)19-26)23-39-35(44)46-37(4,5)6/h7-21,40H,22-23H2,1-6H3,(H,39,44)(H,41,43). The number of rotatable bonds is 9. The molecule has 0 fully saturated rings. The molecule has 0 heterocycles. The Balaban J connectivity index is 1.65. The van der Waals surface area contributed by atoms with Crippen LogP contribution in [0, 0.1) is 5.82 Å². The molecule has 0 spiro atoms. The molecule has 4 rings (SSSR count). The molecule has 240 valence electrons. The van der Waals surface area contributed by atoms with E-state index in [0.29, 0.717) is 39.2 Å². The zero-order valence-corrected chi connectivity index (χ0v) is 27.0. The molecular weight excluding hydrogens is 585 g/mol. The van der Waals surface area contributed by atoms with Crippen molar-refractivity contribution in [3.05, 3.63) is 114 Å². The molecule has 0 atom stereocenters. The van der Waals surface area contributed by atoms with Crippen LogP contribution in [0.5, 0.6) is 0 Å². The minimum atomic E-state index is -0.670. The summed E-state index contributed by atoms with van der Waals surface area (Å²) in [6, 6.07) is 26.1. The number of hydrogen-bond acceptors (Lipinski definition) is 6. The summed E-state index contributed by atoms with van der Waals surface area (Å²) in [5.74, 6) is -1.33. The highest BCUT2D eigenvalue weighted by atomic mass is 19.1. The highest BCUT2D eigenvalue weighted by Crippen LogP contribution is 2.29. The highest BCUT2D eigenvalue weighted by Gasteiger charge is 2.20. The van der Waals surface area contributed by atoms with Gasteiger partial charge in [0.25, 0.3) is 5.91 Å². The second-order valence-corrected chi connectivity index (χ2v) is 12.9. The second kappa shape index (κ2) is 14.3. The van der Waals surface area contributed by atoms with Gasteiger partial charge < -0.3 is 25.4 Å². The van der Waals surface area contributed by atoms with Crippen molar-refractivity contribution in [1.29, 1.82) is 0 Å². The van der Waals surface area contributed by atoms with E-state index in [4.69, 9.17) is 9.47 Å². The highest BCUT2D eigenvalue weighted by molar-refractivity contribution is 6.06. The number of halogens is 1. The van der Waals surface area contributed by atoms with E-state index in [0.717, 1.165) is 5.69 Å². The van der Waals surface area contributed by atoms with Crippen LogP contribution in [0.2, 0.25) is 0 Å². The Morgan fingerprint density at radius 2 is 1.37 bits per heavy atom. The van der Waals surface area contributed by atoms with Crippen LogP contribution in [-0.2, 0) is 27.2 Å². The van der Waals surface area contributed by atoms with Crippen LogP contribution < -0.4 is 16.0 Å². The van der Waals surface area contributed by atoms with Crippen molar-refractivity contribution in [3.63, 3.8) is 0 Å². The lowest BCUT2D eigenvalue weighted by molar-refractivity contribution is -0.153. The first-order chi connectivity index (χ1) is 21.6. The van der Waals surface area contributed by atoms with E-state index in [9.17, 15) is 18.8 Å². The summed E-state index contributed by atoms with van der Waals surface area (Å²) in [6.45, 7) is 10.7. The summed E-state index contributed by atoms with van der Waals surface area (Å²) >= 11 is 0. The normalized spacial score (nSPS) is 11.4. The van der Waals surface area contributed by atoms with Gasteiger partial charge in [0.2, 0.25) is 0 Å². The van der Waals surface area contributed by atoms with Crippen LogP contribution in [0.1, 0.15) is 63.0 Å². The average molecular weight is 626 g/mol. The Hall–Kier alpha value is -5.18.